The van der Waals surface area contributed by atoms with Crippen LogP contribution in [-0.4, -0.2) is 55.2 Å². The molecule has 1 aromatic heterocycles. The molecule has 0 saturated carbocycles. The fourth-order valence-electron chi connectivity index (χ4n) is 2.20. The van der Waals surface area contributed by atoms with Gasteiger partial charge in [0.15, 0.2) is 5.13 Å². The molecule has 0 radical (unpaired) electrons. The highest BCUT2D eigenvalue weighted by Crippen LogP contribution is 2.24. The summed E-state index contributed by atoms with van der Waals surface area (Å²) >= 11 is 7.48. The average Bonchev–Trinajstić information content (AvgIpc) is 2.63. The lowest BCUT2D eigenvalue weighted by Crippen LogP contribution is -2.61. The monoisotopic (exact) mass is 258 g/mol. The molecule has 2 saturated heterocycles. The number of halogens is 1. The van der Waals surface area contributed by atoms with Gasteiger partial charge in [-0.1, -0.05) is 11.6 Å². The molecule has 0 aliphatic carbocycles. The summed E-state index contributed by atoms with van der Waals surface area (Å²) in [6, 6.07) is 0.766. The lowest BCUT2D eigenvalue weighted by Gasteiger charge is -2.43. The Morgan fingerprint density at radius 1 is 1.31 bits per heavy atom. The van der Waals surface area contributed by atoms with Gasteiger partial charge in [-0.2, -0.15) is 0 Å². The molecule has 0 spiro atoms. The Labute approximate surface area is 104 Å². The van der Waals surface area contributed by atoms with E-state index >= 15 is 0 Å². The fourth-order valence-corrected chi connectivity index (χ4v) is 3.20. The second-order valence-corrected chi connectivity index (χ2v) is 5.51. The molecule has 0 bridgehead atoms. The molecule has 4 nitrogen and oxygen atoms in total. The molecule has 0 amide bonds. The first kappa shape index (κ1) is 10.8. The van der Waals surface area contributed by atoms with Crippen LogP contribution in [0.3, 0.4) is 0 Å². The van der Waals surface area contributed by atoms with Crippen LogP contribution in [0, 0.1) is 0 Å². The summed E-state index contributed by atoms with van der Waals surface area (Å²) < 4.78 is 0. The number of anilines is 1. The highest BCUT2D eigenvalue weighted by molar-refractivity contribution is 7.14. The van der Waals surface area contributed by atoms with Crippen LogP contribution >= 0.6 is 22.9 Å². The topological polar surface area (TPSA) is 31.4 Å². The Balaban J connectivity index is 1.57. The predicted octanol–water partition coefficient (Wildman–Crippen LogP) is 0.890. The third-order valence-electron chi connectivity index (χ3n) is 3.33. The molecule has 6 heteroatoms. The van der Waals surface area contributed by atoms with E-state index in [2.05, 4.69) is 20.1 Å². The largest absolute Gasteiger partial charge is 0.345 e. The molecule has 3 rings (SSSR count). The van der Waals surface area contributed by atoms with Crippen molar-refractivity contribution in [1.29, 1.82) is 0 Å². The van der Waals surface area contributed by atoms with Crippen LogP contribution in [0.4, 0.5) is 5.13 Å². The van der Waals surface area contributed by atoms with Gasteiger partial charge in [-0.05, 0) is 0 Å². The number of aromatic nitrogens is 1. The fraction of sp³-hybridized carbons (Fsp3) is 0.700. The molecule has 0 aromatic carbocycles. The van der Waals surface area contributed by atoms with Gasteiger partial charge in [-0.3, -0.25) is 4.90 Å². The van der Waals surface area contributed by atoms with E-state index in [9.17, 15) is 0 Å². The predicted molar refractivity (Wildman–Crippen MR) is 67.6 cm³/mol. The zero-order valence-corrected chi connectivity index (χ0v) is 10.6. The molecule has 88 valence electrons. The number of rotatable bonds is 2. The maximum atomic E-state index is 5.84. The first-order valence-corrected chi connectivity index (χ1v) is 6.89. The maximum Gasteiger partial charge on any atom is 0.186 e. The molecule has 2 aliphatic heterocycles. The van der Waals surface area contributed by atoms with Crippen molar-refractivity contribution < 1.29 is 0 Å². The normalized spacial score (nSPS) is 23.4. The molecule has 3 heterocycles. The van der Waals surface area contributed by atoms with Crippen molar-refractivity contribution >= 4 is 28.1 Å². The van der Waals surface area contributed by atoms with Crippen LogP contribution in [0.15, 0.2) is 5.38 Å². The van der Waals surface area contributed by atoms with Gasteiger partial charge in [0.1, 0.15) is 5.15 Å². The highest BCUT2D eigenvalue weighted by Gasteiger charge is 2.28. The molecular formula is C10H15ClN4S. The van der Waals surface area contributed by atoms with E-state index in [-0.39, 0.29) is 0 Å². The Kier molecular flexibility index (Phi) is 3.02. The minimum absolute atomic E-state index is 0.616. The van der Waals surface area contributed by atoms with Crippen molar-refractivity contribution in [3.63, 3.8) is 0 Å². The van der Waals surface area contributed by atoms with Gasteiger partial charge in [-0.15, -0.1) is 11.3 Å². The molecule has 16 heavy (non-hydrogen) atoms. The summed E-state index contributed by atoms with van der Waals surface area (Å²) in [5.41, 5.74) is 0. The zero-order valence-electron chi connectivity index (χ0n) is 9.03. The number of piperazine rings is 1. The van der Waals surface area contributed by atoms with Crippen LogP contribution < -0.4 is 10.2 Å². The smallest absolute Gasteiger partial charge is 0.186 e. The van der Waals surface area contributed by atoms with E-state index in [0.717, 1.165) is 50.4 Å². The van der Waals surface area contributed by atoms with E-state index in [4.69, 9.17) is 11.6 Å². The van der Waals surface area contributed by atoms with Gasteiger partial charge in [0, 0.05) is 50.7 Å². The van der Waals surface area contributed by atoms with Gasteiger partial charge in [-0.25, -0.2) is 4.98 Å². The third kappa shape index (κ3) is 2.05. The van der Waals surface area contributed by atoms with Crippen molar-refractivity contribution in [1.82, 2.24) is 15.2 Å². The third-order valence-corrected chi connectivity index (χ3v) is 4.55. The summed E-state index contributed by atoms with van der Waals surface area (Å²) in [4.78, 5) is 9.22. The second-order valence-electron chi connectivity index (χ2n) is 4.29. The minimum atomic E-state index is 0.616. The van der Waals surface area contributed by atoms with E-state index in [0.29, 0.717) is 5.15 Å². The SMILES string of the molecule is Clc1csc(N2CCN(C3CNC3)CC2)n1. The van der Waals surface area contributed by atoms with Crippen molar-refractivity contribution in [2.75, 3.05) is 44.2 Å². The van der Waals surface area contributed by atoms with Gasteiger partial charge in [0.2, 0.25) is 0 Å². The number of thiazole rings is 1. The molecule has 0 atom stereocenters. The quantitative estimate of drug-likeness (QED) is 0.854. The van der Waals surface area contributed by atoms with Crippen LogP contribution in [0.25, 0.3) is 0 Å². The Morgan fingerprint density at radius 2 is 2.06 bits per heavy atom. The lowest BCUT2D eigenvalue weighted by molar-refractivity contribution is 0.138. The van der Waals surface area contributed by atoms with E-state index < -0.39 is 0 Å². The van der Waals surface area contributed by atoms with E-state index in [1.165, 1.54) is 0 Å². The summed E-state index contributed by atoms with van der Waals surface area (Å²) in [5, 5.41) is 6.91. The molecule has 0 unspecified atom stereocenters. The van der Waals surface area contributed by atoms with Crippen LogP contribution in [0.2, 0.25) is 5.15 Å². The zero-order chi connectivity index (χ0) is 11.0. The lowest BCUT2D eigenvalue weighted by atomic mass is 10.1. The average molecular weight is 259 g/mol. The first-order valence-electron chi connectivity index (χ1n) is 5.64. The number of hydrogen-bond acceptors (Lipinski definition) is 5. The van der Waals surface area contributed by atoms with Gasteiger partial charge < -0.3 is 10.2 Å². The van der Waals surface area contributed by atoms with Crippen molar-refractivity contribution in [2.24, 2.45) is 0 Å². The van der Waals surface area contributed by atoms with Crippen LogP contribution in [0.1, 0.15) is 0 Å². The Morgan fingerprint density at radius 3 is 2.56 bits per heavy atom. The molecular weight excluding hydrogens is 244 g/mol. The second kappa shape index (κ2) is 4.49. The molecule has 1 aromatic rings. The molecule has 2 fully saturated rings. The number of nitrogens with zero attached hydrogens (tertiary/aromatic N) is 3. The van der Waals surface area contributed by atoms with Gasteiger partial charge >= 0.3 is 0 Å². The highest BCUT2D eigenvalue weighted by atomic mass is 35.5. The van der Waals surface area contributed by atoms with Crippen molar-refractivity contribution in [2.45, 2.75) is 6.04 Å². The van der Waals surface area contributed by atoms with Crippen molar-refractivity contribution in [3.8, 4) is 0 Å². The molecule has 1 N–H and O–H groups in total. The minimum Gasteiger partial charge on any atom is -0.345 e. The van der Waals surface area contributed by atoms with Crippen molar-refractivity contribution in [3.05, 3.63) is 10.5 Å². The summed E-state index contributed by atoms with van der Waals surface area (Å²) in [6.07, 6.45) is 0. The maximum absolute atomic E-state index is 5.84. The summed E-state index contributed by atoms with van der Waals surface area (Å²) in [6.45, 7) is 6.74. The first-order chi connectivity index (χ1) is 7.83. The Hall–Kier alpha value is -0.360. The summed E-state index contributed by atoms with van der Waals surface area (Å²) in [7, 11) is 0. The van der Waals surface area contributed by atoms with E-state index in [1.807, 2.05) is 5.38 Å². The van der Waals surface area contributed by atoms with Crippen LogP contribution in [0.5, 0.6) is 0 Å². The summed E-state index contributed by atoms with van der Waals surface area (Å²) in [5.74, 6) is 0. The number of nitrogens with one attached hydrogen (secondary N) is 1. The van der Waals surface area contributed by atoms with E-state index in [1.54, 1.807) is 11.3 Å². The van der Waals surface area contributed by atoms with Gasteiger partial charge in [0.25, 0.3) is 0 Å². The van der Waals surface area contributed by atoms with Gasteiger partial charge in [0.05, 0.1) is 0 Å². The molecule has 2 aliphatic rings. The standard InChI is InChI=1S/C10H15ClN4S/c11-9-7-16-10(13-9)15-3-1-14(2-4-15)8-5-12-6-8/h7-8,12H,1-6H2. The Bertz CT molecular complexity index is 357. The van der Waals surface area contributed by atoms with Crippen LogP contribution in [-0.2, 0) is 0 Å². The number of hydrogen-bond donors (Lipinski definition) is 1.